The van der Waals surface area contributed by atoms with E-state index in [0.717, 1.165) is 18.2 Å². The smallest absolute Gasteiger partial charge is 0.270 e. The summed E-state index contributed by atoms with van der Waals surface area (Å²) in [4.78, 5) is 40.2. The van der Waals surface area contributed by atoms with Gasteiger partial charge in [-0.2, -0.15) is 0 Å². The lowest BCUT2D eigenvalue weighted by Gasteiger charge is -2.27. The third-order valence-electron chi connectivity index (χ3n) is 5.47. The number of non-ortho nitro benzene ring substituents is 1. The summed E-state index contributed by atoms with van der Waals surface area (Å²) in [7, 11) is 1.90. The maximum atomic E-state index is 13.4. The Bertz CT molecular complexity index is 1140. The standard InChI is InChI=1S/C24H27ClN4O5/c1-3-4-12-27(24(31)21-10-9-18(29(32)33)14-22(21)25)17-23(30)28(16-20-8-6-13-34-20)15-19-7-5-11-26(19)2/h5-11,13-14H,3-4,12,15-17H2,1-2H3. The Morgan fingerprint density at radius 2 is 1.94 bits per heavy atom. The van der Waals surface area contributed by atoms with Crippen LogP contribution in [-0.2, 0) is 24.9 Å². The third-order valence-corrected chi connectivity index (χ3v) is 5.79. The molecule has 0 aliphatic rings. The van der Waals surface area contributed by atoms with Crippen LogP contribution in [0.2, 0.25) is 5.02 Å². The van der Waals surface area contributed by atoms with Crippen molar-refractivity contribution < 1.29 is 18.9 Å². The molecule has 0 saturated heterocycles. The number of amides is 2. The first-order valence-corrected chi connectivity index (χ1v) is 11.3. The van der Waals surface area contributed by atoms with Gasteiger partial charge in [0.05, 0.1) is 34.9 Å². The number of halogens is 1. The summed E-state index contributed by atoms with van der Waals surface area (Å²) >= 11 is 6.19. The van der Waals surface area contributed by atoms with Crippen LogP contribution < -0.4 is 0 Å². The first kappa shape index (κ1) is 25.0. The Labute approximate surface area is 202 Å². The highest BCUT2D eigenvalue weighted by molar-refractivity contribution is 6.34. The van der Waals surface area contributed by atoms with Crippen LogP contribution in [0.15, 0.2) is 59.3 Å². The third kappa shape index (κ3) is 6.26. The molecular formula is C24H27ClN4O5. The highest BCUT2D eigenvalue weighted by Gasteiger charge is 2.25. The van der Waals surface area contributed by atoms with Crippen molar-refractivity contribution >= 4 is 29.1 Å². The van der Waals surface area contributed by atoms with Crippen LogP contribution in [0.4, 0.5) is 5.69 Å². The number of furan rings is 1. The molecule has 0 fully saturated rings. The second-order valence-corrected chi connectivity index (χ2v) is 8.35. The number of rotatable bonds is 11. The van der Waals surface area contributed by atoms with Gasteiger partial charge in [0.25, 0.3) is 11.6 Å². The number of benzene rings is 1. The fourth-order valence-corrected chi connectivity index (χ4v) is 3.76. The Morgan fingerprint density at radius 1 is 1.15 bits per heavy atom. The fraction of sp³-hybridized carbons (Fsp3) is 0.333. The summed E-state index contributed by atoms with van der Waals surface area (Å²) in [6.07, 6.45) is 4.97. The molecule has 3 rings (SSSR count). The molecule has 0 spiro atoms. The number of carbonyl (C=O) groups is 2. The van der Waals surface area contributed by atoms with Crippen molar-refractivity contribution in [2.75, 3.05) is 13.1 Å². The zero-order valence-electron chi connectivity index (χ0n) is 19.1. The molecule has 0 N–H and O–H groups in total. The molecule has 2 heterocycles. The van der Waals surface area contributed by atoms with Gasteiger partial charge in [-0.05, 0) is 36.8 Å². The predicted octanol–water partition coefficient (Wildman–Crippen LogP) is 4.65. The monoisotopic (exact) mass is 486 g/mol. The van der Waals surface area contributed by atoms with Crippen molar-refractivity contribution in [2.45, 2.75) is 32.9 Å². The van der Waals surface area contributed by atoms with Gasteiger partial charge in [-0.3, -0.25) is 19.7 Å². The molecule has 0 saturated carbocycles. The predicted molar refractivity (Wildman–Crippen MR) is 127 cm³/mol. The van der Waals surface area contributed by atoms with Crippen molar-refractivity contribution in [1.29, 1.82) is 0 Å². The number of nitro groups is 1. The van der Waals surface area contributed by atoms with E-state index in [1.54, 1.807) is 23.3 Å². The van der Waals surface area contributed by atoms with E-state index in [1.807, 2.05) is 36.9 Å². The van der Waals surface area contributed by atoms with Crippen LogP contribution in [-0.4, -0.2) is 44.2 Å². The largest absolute Gasteiger partial charge is 0.467 e. The normalized spacial score (nSPS) is 10.8. The lowest BCUT2D eigenvalue weighted by atomic mass is 10.1. The lowest BCUT2D eigenvalue weighted by Crippen LogP contribution is -2.43. The summed E-state index contributed by atoms with van der Waals surface area (Å²) < 4.78 is 7.37. The molecule has 1 aromatic carbocycles. The topological polar surface area (TPSA) is 102 Å². The van der Waals surface area contributed by atoms with Crippen LogP contribution in [0.25, 0.3) is 0 Å². The number of carbonyl (C=O) groups excluding carboxylic acids is 2. The highest BCUT2D eigenvalue weighted by Crippen LogP contribution is 2.24. The van der Waals surface area contributed by atoms with Gasteiger partial charge >= 0.3 is 0 Å². The van der Waals surface area contributed by atoms with E-state index in [9.17, 15) is 19.7 Å². The van der Waals surface area contributed by atoms with Gasteiger partial charge in [0.15, 0.2) is 0 Å². The SMILES string of the molecule is CCCCN(CC(=O)N(Cc1ccco1)Cc1cccn1C)C(=O)c1ccc([N+](=O)[O-])cc1Cl. The van der Waals surface area contributed by atoms with Crippen LogP contribution in [0.3, 0.4) is 0 Å². The van der Waals surface area contributed by atoms with E-state index in [2.05, 4.69) is 0 Å². The molecule has 2 amide bonds. The molecule has 0 radical (unpaired) electrons. The number of hydrogen-bond acceptors (Lipinski definition) is 5. The summed E-state index contributed by atoms with van der Waals surface area (Å²) in [6.45, 7) is 2.79. The minimum Gasteiger partial charge on any atom is -0.467 e. The highest BCUT2D eigenvalue weighted by atomic mass is 35.5. The number of nitro benzene ring substituents is 1. The van der Waals surface area contributed by atoms with Crippen molar-refractivity contribution in [3.63, 3.8) is 0 Å². The second kappa shape index (κ2) is 11.5. The molecule has 0 atom stereocenters. The van der Waals surface area contributed by atoms with Gasteiger partial charge in [-0.1, -0.05) is 24.9 Å². The number of hydrogen-bond donors (Lipinski definition) is 0. The Kier molecular flexibility index (Phi) is 8.48. The van der Waals surface area contributed by atoms with E-state index in [1.165, 1.54) is 17.0 Å². The van der Waals surface area contributed by atoms with E-state index in [0.29, 0.717) is 25.3 Å². The van der Waals surface area contributed by atoms with Crippen LogP contribution in [0.1, 0.15) is 41.6 Å². The Balaban J connectivity index is 1.83. The average molecular weight is 487 g/mol. The first-order chi connectivity index (χ1) is 16.3. The molecule has 10 heteroatoms. The number of unbranched alkanes of at least 4 members (excludes halogenated alkanes) is 1. The van der Waals surface area contributed by atoms with Crippen LogP contribution in [0, 0.1) is 10.1 Å². The van der Waals surface area contributed by atoms with Crippen LogP contribution in [0.5, 0.6) is 0 Å². The maximum absolute atomic E-state index is 13.4. The molecule has 3 aromatic rings. The van der Waals surface area contributed by atoms with Gasteiger partial charge in [0, 0.05) is 37.6 Å². The van der Waals surface area contributed by atoms with Gasteiger partial charge < -0.3 is 18.8 Å². The number of aromatic nitrogens is 1. The zero-order valence-corrected chi connectivity index (χ0v) is 19.9. The average Bonchev–Trinajstić information content (AvgIpc) is 3.47. The van der Waals surface area contributed by atoms with E-state index in [-0.39, 0.29) is 35.3 Å². The minimum atomic E-state index is -0.575. The molecule has 0 aliphatic carbocycles. The molecule has 0 bridgehead atoms. The van der Waals surface area contributed by atoms with Gasteiger partial charge in [0.1, 0.15) is 12.3 Å². The summed E-state index contributed by atoms with van der Waals surface area (Å²) in [5.74, 6) is -0.0639. The van der Waals surface area contributed by atoms with E-state index >= 15 is 0 Å². The fourth-order valence-electron chi connectivity index (χ4n) is 3.51. The summed E-state index contributed by atoms with van der Waals surface area (Å²) in [5.41, 5.74) is 0.853. The molecule has 9 nitrogen and oxygen atoms in total. The van der Waals surface area contributed by atoms with Crippen molar-refractivity contribution in [3.8, 4) is 0 Å². The minimum absolute atomic E-state index is 0.0237. The molecule has 0 aliphatic heterocycles. The van der Waals surface area contributed by atoms with Crippen LogP contribution >= 0.6 is 11.6 Å². The summed E-state index contributed by atoms with van der Waals surface area (Å²) in [6, 6.07) is 11.1. The molecule has 180 valence electrons. The first-order valence-electron chi connectivity index (χ1n) is 10.9. The van der Waals surface area contributed by atoms with E-state index in [4.69, 9.17) is 16.0 Å². The second-order valence-electron chi connectivity index (χ2n) is 7.94. The lowest BCUT2D eigenvalue weighted by molar-refractivity contribution is -0.384. The summed E-state index contributed by atoms with van der Waals surface area (Å²) in [5, 5.41) is 11.0. The van der Waals surface area contributed by atoms with Crippen molar-refractivity contribution in [1.82, 2.24) is 14.4 Å². The Morgan fingerprint density at radius 3 is 2.53 bits per heavy atom. The zero-order chi connectivity index (χ0) is 24.7. The molecule has 0 unspecified atom stereocenters. The van der Waals surface area contributed by atoms with Crippen molar-refractivity contribution in [3.05, 3.63) is 87.1 Å². The number of aryl methyl sites for hydroxylation is 1. The van der Waals surface area contributed by atoms with Gasteiger partial charge in [0.2, 0.25) is 5.91 Å². The van der Waals surface area contributed by atoms with Crippen molar-refractivity contribution in [2.24, 2.45) is 7.05 Å². The van der Waals surface area contributed by atoms with Gasteiger partial charge in [-0.25, -0.2) is 0 Å². The Hall–Kier alpha value is -3.59. The van der Waals surface area contributed by atoms with Gasteiger partial charge in [-0.15, -0.1) is 0 Å². The maximum Gasteiger partial charge on any atom is 0.270 e. The van der Waals surface area contributed by atoms with E-state index < -0.39 is 10.8 Å². The number of nitrogens with zero attached hydrogens (tertiary/aromatic N) is 4. The molecular weight excluding hydrogens is 460 g/mol. The molecule has 2 aromatic heterocycles. The molecule has 34 heavy (non-hydrogen) atoms. The quantitative estimate of drug-likeness (QED) is 0.290.